The molecule has 1 saturated carbocycles. The van der Waals surface area contributed by atoms with Crippen LogP contribution in [0.5, 0.6) is 0 Å². The van der Waals surface area contributed by atoms with E-state index in [1.165, 1.54) is 0 Å². The highest BCUT2D eigenvalue weighted by Crippen LogP contribution is 2.27. The van der Waals surface area contributed by atoms with Crippen molar-refractivity contribution in [3.05, 3.63) is 33.8 Å². The number of nitrogens with one attached hydrogen (secondary N) is 2. The maximum atomic E-state index is 11.6. The van der Waals surface area contributed by atoms with Gasteiger partial charge in [0.1, 0.15) is 5.60 Å². The van der Waals surface area contributed by atoms with Crippen molar-refractivity contribution in [2.24, 2.45) is 0 Å². The van der Waals surface area contributed by atoms with Crippen LogP contribution < -0.4 is 10.6 Å². The van der Waals surface area contributed by atoms with E-state index in [0.717, 1.165) is 12.0 Å². The lowest BCUT2D eigenvalue weighted by Gasteiger charge is -2.19. The number of carbonyl (C=O) groups excluding carboxylic acids is 1. The number of hydrogen-bond donors (Lipinski definition) is 2. The van der Waals surface area contributed by atoms with Gasteiger partial charge in [-0.25, -0.2) is 4.79 Å². The van der Waals surface area contributed by atoms with E-state index in [-0.39, 0.29) is 18.2 Å². The molecule has 1 aromatic rings. The number of hydrogen-bond acceptors (Lipinski definition) is 3. The summed E-state index contributed by atoms with van der Waals surface area (Å²) in [6.45, 7) is 6.15. The van der Waals surface area contributed by atoms with Gasteiger partial charge in [0.15, 0.2) is 0 Å². The first-order valence-corrected chi connectivity index (χ1v) is 7.67. The Balaban J connectivity index is 1.75. The lowest BCUT2D eigenvalue weighted by atomic mass is 10.2. The summed E-state index contributed by atoms with van der Waals surface area (Å²) in [6, 6.07) is 5.91. The Morgan fingerprint density at radius 2 is 2.05 bits per heavy atom. The highest BCUT2D eigenvalue weighted by Gasteiger charge is 2.38. The normalized spacial score (nSPS) is 21.0. The summed E-state index contributed by atoms with van der Waals surface area (Å²) in [5.74, 6) is 0. The van der Waals surface area contributed by atoms with Crippen LogP contribution in [0.3, 0.4) is 0 Å². The van der Waals surface area contributed by atoms with E-state index in [0.29, 0.717) is 16.6 Å². The van der Waals surface area contributed by atoms with Crippen molar-refractivity contribution in [1.29, 1.82) is 0 Å². The van der Waals surface area contributed by atoms with Crippen molar-refractivity contribution >= 4 is 29.3 Å². The number of ether oxygens (including phenoxy) is 1. The summed E-state index contributed by atoms with van der Waals surface area (Å²) in [5, 5.41) is 7.31. The number of carbonyl (C=O) groups is 1. The van der Waals surface area contributed by atoms with Crippen molar-refractivity contribution in [2.75, 3.05) is 0 Å². The maximum Gasteiger partial charge on any atom is 0.407 e. The van der Waals surface area contributed by atoms with Crippen molar-refractivity contribution in [1.82, 2.24) is 10.6 Å². The average Bonchev–Trinajstić information content (AvgIpc) is 3.07. The van der Waals surface area contributed by atoms with E-state index in [4.69, 9.17) is 27.9 Å². The Bertz CT molecular complexity index is 529. The third kappa shape index (κ3) is 5.06. The van der Waals surface area contributed by atoms with Crippen LogP contribution in [-0.2, 0) is 11.3 Å². The van der Waals surface area contributed by atoms with E-state index in [2.05, 4.69) is 10.6 Å². The van der Waals surface area contributed by atoms with E-state index in [1.54, 1.807) is 6.07 Å². The van der Waals surface area contributed by atoms with Gasteiger partial charge in [-0.1, -0.05) is 35.3 Å². The van der Waals surface area contributed by atoms with Crippen molar-refractivity contribution in [3.8, 4) is 0 Å². The van der Waals surface area contributed by atoms with Gasteiger partial charge in [-0.3, -0.25) is 0 Å². The quantitative estimate of drug-likeness (QED) is 0.883. The molecular weight excluding hydrogens is 311 g/mol. The first kappa shape index (κ1) is 16.4. The molecule has 2 atom stereocenters. The Labute approximate surface area is 135 Å². The zero-order chi connectivity index (χ0) is 15.6. The highest BCUT2D eigenvalue weighted by atomic mass is 35.5. The van der Waals surface area contributed by atoms with Crippen LogP contribution in [0.2, 0.25) is 10.0 Å². The van der Waals surface area contributed by atoms with E-state index < -0.39 is 5.60 Å². The highest BCUT2D eigenvalue weighted by molar-refractivity contribution is 6.42. The zero-order valence-corrected chi connectivity index (χ0v) is 13.9. The van der Waals surface area contributed by atoms with Gasteiger partial charge in [0.2, 0.25) is 0 Å². The molecule has 1 aliphatic rings. The predicted octanol–water partition coefficient (Wildman–Crippen LogP) is 3.75. The molecule has 1 aliphatic carbocycles. The molecule has 0 heterocycles. The Morgan fingerprint density at radius 3 is 2.71 bits per heavy atom. The van der Waals surface area contributed by atoms with Gasteiger partial charge in [0, 0.05) is 18.6 Å². The van der Waals surface area contributed by atoms with Crippen LogP contribution in [0.25, 0.3) is 0 Å². The zero-order valence-electron chi connectivity index (χ0n) is 12.4. The minimum atomic E-state index is -0.476. The summed E-state index contributed by atoms with van der Waals surface area (Å²) in [6.07, 6.45) is 0.509. The molecule has 0 aliphatic heterocycles. The van der Waals surface area contributed by atoms with Crippen LogP contribution in [0.15, 0.2) is 18.2 Å². The molecule has 1 aromatic carbocycles. The summed E-state index contributed by atoms with van der Waals surface area (Å²) < 4.78 is 5.22. The molecule has 116 valence electrons. The molecule has 1 fully saturated rings. The Hall–Kier alpha value is -0.970. The maximum absolute atomic E-state index is 11.6. The molecule has 0 bridgehead atoms. The molecule has 0 saturated heterocycles. The summed E-state index contributed by atoms with van der Waals surface area (Å²) in [7, 11) is 0. The first-order chi connectivity index (χ1) is 9.76. The molecule has 4 nitrogen and oxygen atoms in total. The fourth-order valence-corrected chi connectivity index (χ4v) is 2.35. The monoisotopic (exact) mass is 330 g/mol. The van der Waals surface area contributed by atoms with Crippen molar-refractivity contribution in [3.63, 3.8) is 0 Å². The van der Waals surface area contributed by atoms with Gasteiger partial charge < -0.3 is 15.4 Å². The molecule has 2 rings (SSSR count). The van der Waals surface area contributed by atoms with Gasteiger partial charge >= 0.3 is 6.09 Å². The third-order valence-electron chi connectivity index (χ3n) is 3.08. The molecular formula is C15H20Cl2N2O2. The largest absolute Gasteiger partial charge is 0.444 e. The molecule has 1 amide bonds. The first-order valence-electron chi connectivity index (χ1n) is 6.92. The number of alkyl carbamates (subject to hydrolysis) is 1. The number of amides is 1. The SMILES string of the molecule is CC(C)(C)OC(=O)NC1CC1NCc1cccc(Cl)c1Cl. The van der Waals surface area contributed by atoms with E-state index in [1.807, 2.05) is 32.9 Å². The van der Waals surface area contributed by atoms with Crippen molar-refractivity contribution in [2.45, 2.75) is 51.4 Å². The fourth-order valence-electron chi connectivity index (χ4n) is 1.97. The topological polar surface area (TPSA) is 50.4 Å². The van der Waals surface area contributed by atoms with Gasteiger partial charge in [0.25, 0.3) is 0 Å². The van der Waals surface area contributed by atoms with Crippen LogP contribution in [0.1, 0.15) is 32.8 Å². The smallest absolute Gasteiger partial charge is 0.407 e. The lowest BCUT2D eigenvalue weighted by Crippen LogP contribution is -2.36. The van der Waals surface area contributed by atoms with Crippen LogP contribution >= 0.6 is 23.2 Å². The van der Waals surface area contributed by atoms with E-state index >= 15 is 0 Å². The Kier molecular flexibility index (Phi) is 5.02. The lowest BCUT2D eigenvalue weighted by molar-refractivity contribution is 0.0522. The van der Waals surface area contributed by atoms with Crippen molar-refractivity contribution < 1.29 is 9.53 Å². The average molecular weight is 331 g/mol. The van der Waals surface area contributed by atoms with Crippen LogP contribution in [0.4, 0.5) is 4.79 Å². The predicted molar refractivity (Wildman–Crippen MR) is 84.9 cm³/mol. The number of benzene rings is 1. The summed E-state index contributed by atoms with van der Waals surface area (Å²) >= 11 is 12.1. The second-order valence-corrected chi connectivity index (χ2v) is 6.97. The fraction of sp³-hybridized carbons (Fsp3) is 0.533. The molecule has 2 unspecified atom stereocenters. The molecule has 6 heteroatoms. The number of rotatable bonds is 4. The summed E-state index contributed by atoms with van der Waals surface area (Å²) in [5.41, 5.74) is 0.475. The molecule has 0 spiro atoms. The molecule has 0 aromatic heterocycles. The van der Waals surface area contributed by atoms with E-state index in [9.17, 15) is 4.79 Å². The van der Waals surface area contributed by atoms with Gasteiger partial charge in [-0.15, -0.1) is 0 Å². The minimum Gasteiger partial charge on any atom is -0.444 e. The summed E-state index contributed by atoms with van der Waals surface area (Å²) in [4.78, 5) is 11.6. The van der Waals surface area contributed by atoms with Gasteiger partial charge in [-0.05, 0) is 38.8 Å². The van der Waals surface area contributed by atoms with Crippen LogP contribution in [-0.4, -0.2) is 23.8 Å². The second-order valence-electron chi connectivity index (χ2n) is 6.19. The van der Waals surface area contributed by atoms with Gasteiger partial charge in [-0.2, -0.15) is 0 Å². The standard InChI is InChI=1S/C15H20Cl2N2O2/c1-15(2,3)21-14(20)19-12-7-11(12)18-8-9-5-4-6-10(16)13(9)17/h4-6,11-12,18H,7-8H2,1-3H3,(H,19,20). The second kappa shape index (κ2) is 6.42. The minimum absolute atomic E-state index is 0.109. The molecule has 21 heavy (non-hydrogen) atoms. The van der Waals surface area contributed by atoms with Crippen LogP contribution in [0, 0.1) is 0 Å². The van der Waals surface area contributed by atoms with Gasteiger partial charge in [0.05, 0.1) is 10.0 Å². The third-order valence-corrected chi connectivity index (χ3v) is 3.94. The molecule has 0 radical (unpaired) electrons. The Morgan fingerprint density at radius 1 is 1.33 bits per heavy atom. The molecule has 2 N–H and O–H groups in total. The number of halogens is 2.